The van der Waals surface area contributed by atoms with Crippen molar-refractivity contribution in [1.29, 1.82) is 0 Å². The molecular formula is C15H22N2O. The smallest absolute Gasteiger partial charge is 0.223 e. The Morgan fingerprint density at radius 2 is 2.06 bits per heavy atom. The predicted octanol–water partition coefficient (Wildman–Crippen LogP) is 1.92. The van der Waals surface area contributed by atoms with Gasteiger partial charge in [0.2, 0.25) is 5.91 Å². The van der Waals surface area contributed by atoms with Gasteiger partial charge in [-0.15, -0.1) is 0 Å². The number of carbonyl (C=O) groups excluding carboxylic acids is 1. The second-order valence-electron chi connectivity index (χ2n) is 5.17. The molecule has 98 valence electrons. The van der Waals surface area contributed by atoms with E-state index in [2.05, 4.69) is 42.7 Å². The van der Waals surface area contributed by atoms with Crippen LogP contribution >= 0.6 is 0 Å². The summed E-state index contributed by atoms with van der Waals surface area (Å²) in [6, 6.07) is 6.37. The van der Waals surface area contributed by atoms with Gasteiger partial charge in [0.15, 0.2) is 0 Å². The molecule has 3 nitrogen and oxygen atoms in total. The first-order chi connectivity index (χ1) is 8.66. The average Bonchev–Trinajstić information content (AvgIpc) is 2.40. The molecule has 0 bridgehead atoms. The number of nitrogens with one attached hydrogen (secondary N) is 2. The Bertz CT molecular complexity index is 423. The van der Waals surface area contributed by atoms with E-state index >= 15 is 0 Å². The van der Waals surface area contributed by atoms with Crippen molar-refractivity contribution in [3.8, 4) is 0 Å². The van der Waals surface area contributed by atoms with Gasteiger partial charge in [-0.25, -0.2) is 0 Å². The van der Waals surface area contributed by atoms with E-state index in [1.54, 1.807) is 0 Å². The van der Waals surface area contributed by atoms with Crippen LogP contribution in [0, 0.1) is 19.8 Å². The van der Waals surface area contributed by atoms with Crippen LogP contribution in [0.1, 0.15) is 29.5 Å². The summed E-state index contributed by atoms with van der Waals surface area (Å²) in [6.45, 7) is 6.74. The van der Waals surface area contributed by atoms with Gasteiger partial charge < -0.3 is 10.6 Å². The lowest BCUT2D eigenvalue weighted by Gasteiger charge is -2.22. The number of benzene rings is 1. The Labute approximate surface area is 109 Å². The van der Waals surface area contributed by atoms with Crippen molar-refractivity contribution in [2.75, 3.05) is 13.1 Å². The lowest BCUT2D eigenvalue weighted by Crippen LogP contribution is -2.37. The maximum absolute atomic E-state index is 12.0. The molecule has 1 aromatic rings. The third-order valence-electron chi connectivity index (χ3n) is 3.67. The maximum Gasteiger partial charge on any atom is 0.223 e. The standard InChI is InChI=1S/C15H22N2O/c1-11-3-4-12(2)14(9-11)10-17-15(18)13-5-7-16-8-6-13/h3-4,9,13,16H,5-8,10H2,1-2H3,(H,17,18). The summed E-state index contributed by atoms with van der Waals surface area (Å²) in [7, 11) is 0. The lowest BCUT2D eigenvalue weighted by molar-refractivity contribution is -0.125. The minimum Gasteiger partial charge on any atom is -0.352 e. The second-order valence-corrected chi connectivity index (χ2v) is 5.17. The van der Waals surface area contributed by atoms with E-state index in [1.807, 2.05) is 0 Å². The summed E-state index contributed by atoms with van der Waals surface area (Å²) < 4.78 is 0. The average molecular weight is 246 g/mol. The first kappa shape index (κ1) is 13.1. The van der Waals surface area contributed by atoms with Gasteiger partial charge in [-0.1, -0.05) is 23.8 Å². The number of piperidine rings is 1. The lowest BCUT2D eigenvalue weighted by atomic mass is 9.97. The minimum absolute atomic E-state index is 0.191. The van der Waals surface area contributed by atoms with Crippen molar-refractivity contribution in [3.05, 3.63) is 34.9 Å². The number of rotatable bonds is 3. The SMILES string of the molecule is Cc1ccc(C)c(CNC(=O)C2CCNCC2)c1. The second kappa shape index (κ2) is 6.01. The van der Waals surface area contributed by atoms with E-state index < -0.39 is 0 Å². The quantitative estimate of drug-likeness (QED) is 0.855. The largest absolute Gasteiger partial charge is 0.352 e. The Morgan fingerprint density at radius 1 is 1.33 bits per heavy atom. The molecule has 1 aliphatic heterocycles. The van der Waals surface area contributed by atoms with Gasteiger partial charge in [0.1, 0.15) is 0 Å². The molecule has 1 aromatic carbocycles. The van der Waals surface area contributed by atoms with Crippen LogP contribution in [0.15, 0.2) is 18.2 Å². The fraction of sp³-hybridized carbons (Fsp3) is 0.533. The van der Waals surface area contributed by atoms with Gasteiger partial charge in [-0.2, -0.15) is 0 Å². The molecule has 1 saturated heterocycles. The van der Waals surface area contributed by atoms with Gasteiger partial charge in [0.25, 0.3) is 0 Å². The highest BCUT2D eigenvalue weighted by Gasteiger charge is 2.20. The highest BCUT2D eigenvalue weighted by molar-refractivity contribution is 5.78. The van der Waals surface area contributed by atoms with Crippen LogP contribution in [0.4, 0.5) is 0 Å². The summed E-state index contributed by atoms with van der Waals surface area (Å²) >= 11 is 0. The summed E-state index contributed by atoms with van der Waals surface area (Å²) in [5.74, 6) is 0.397. The zero-order valence-corrected chi connectivity index (χ0v) is 11.3. The van der Waals surface area contributed by atoms with Crippen LogP contribution in [0.3, 0.4) is 0 Å². The van der Waals surface area contributed by atoms with E-state index in [0.717, 1.165) is 25.9 Å². The summed E-state index contributed by atoms with van der Waals surface area (Å²) in [6.07, 6.45) is 1.91. The van der Waals surface area contributed by atoms with Crippen molar-refractivity contribution >= 4 is 5.91 Å². The fourth-order valence-electron chi connectivity index (χ4n) is 2.40. The third-order valence-corrected chi connectivity index (χ3v) is 3.67. The predicted molar refractivity (Wildman–Crippen MR) is 73.4 cm³/mol. The van der Waals surface area contributed by atoms with Crippen LogP contribution < -0.4 is 10.6 Å². The molecule has 0 atom stereocenters. The number of hydrogen-bond acceptors (Lipinski definition) is 2. The van der Waals surface area contributed by atoms with Gasteiger partial charge in [0, 0.05) is 12.5 Å². The number of amides is 1. The van der Waals surface area contributed by atoms with Gasteiger partial charge in [-0.05, 0) is 50.9 Å². The zero-order valence-electron chi connectivity index (χ0n) is 11.3. The summed E-state index contributed by atoms with van der Waals surface area (Å²) in [5, 5.41) is 6.35. The molecule has 0 aromatic heterocycles. The molecule has 1 heterocycles. The maximum atomic E-state index is 12.0. The zero-order chi connectivity index (χ0) is 13.0. The van der Waals surface area contributed by atoms with Gasteiger partial charge in [-0.3, -0.25) is 4.79 Å². The fourth-order valence-corrected chi connectivity index (χ4v) is 2.40. The van der Waals surface area contributed by atoms with Crippen molar-refractivity contribution in [3.63, 3.8) is 0 Å². The van der Waals surface area contributed by atoms with Crippen molar-refractivity contribution in [1.82, 2.24) is 10.6 Å². The molecule has 1 fully saturated rings. The van der Waals surface area contributed by atoms with Crippen LogP contribution in [0.5, 0.6) is 0 Å². The van der Waals surface area contributed by atoms with Crippen LogP contribution in [-0.2, 0) is 11.3 Å². The number of carbonyl (C=O) groups is 1. The molecule has 0 saturated carbocycles. The minimum atomic E-state index is 0.191. The van der Waals surface area contributed by atoms with Gasteiger partial charge in [0.05, 0.1) is 0 Å². The van der Waals surface area contributed by atoms with E-state index in [1.165, 1.54) is 16.7 Å². The molecule has 0 radical (unpaired) electrons. The first-order valence-corrected chi connectivity index (χ1v) is 6.71. The van der Waals surface area contributed by atoms with Crippen LogP contribution in [0.25, 0.3) is 0 Å². The third kappa shape index (κ3) is 3.33. The Kier molecular flexibility index (Phi) is 4.37. The molecule has 0 unspecified atom stereocenters. The van der Waals surface area contributed by atoms with Gasteiger partial charge >= 0.3 is 0 Å². The normalized spacial score (nSPS) is 16.6. The topological polar surface area (TPSA) is 41.1 Å². The molecule has 2 N–H and O–H groups in total. The van der Waals surface area contributed by atoms with Crippen LogP contribution in [0.2, 0.25) is 0 Å². The van der Waals surface area contributed by atoms with Crippen molar-refractivity contribution in [2.45, 2.75) is 33.2 Å². The van der Waals surface area contributed by atoms with Crippen LogP contribution in [-0.4, -0.2) is 19.0 Å². The number of hydrogen-bond donors (Lipinski definition) is 2. The van der Waals surface area contributed by atoms with E-state index in [0.29, 0.717) is 6.54 Å². The summed E-state index contributed by atoms with van der Waals surface area (Å²) in [5.41, 5.74) is 3.70. The summed E-state index contributed by atoms with van der Waals surface area (Å²) in [4.78, 5) is 12.0. The van der Waals surface area contributed by atoms with E-state index in [-0.39, 0.29) is 11.8 Å². The highest BCUT2D eigenvalue weighted by atomic mass is 16.1. The van der Waals surface area contributed by atoms with Crippen molar-refractivity contribution in [2.24, 2.45) is 5.92 Å². The highest BCUT2D eigenvalue weighted by Crippen LogP contribution is 2.13. The molecule has 2 rings (SSSR count). The Balaban J connectivity index is 1.90. The molecular weight excluding hydrogens is 224 g/mol. The molecule has 1 aliphatic rings. The van der Waals surface area contributed by atoms with Crippen molar-refractivity contribution < 1.29 is 4.79 Å². The monoisotopic (exact) mass is 246 g/mol. The molecule has 0 spiro atoms. The Morgan fingerprint density at radius 3 is 2.78 bits per heavy atom. The first-order valence-electron chi connectivity index (χ1n) is 6.71. The van der Waals surface area contributed by atoms with E-state index in [9.17, 15) is 4.79 Å². The molecule has 1 amide bonds. The molecule has 18 heavy (non-hydrogen) atoms. The number of aryl methyl sites for hydroxylation is 2. The van der Waals surface area contributed by atoms with E-state index in [4.69, 9.17) is 0 Å². The molecule has 0 aliphatic carbocycles. The Hall–Kier alpha value is -1.35. The molecule has 3 heteroatoms.